The lowest BCUT2D eigenvalue weighted by Gasteiger charge is -2.21. The molecule has 0 bridgehead atoms. The van der Waals surface area contributed by atoms with Gasteiger partial charge in [0.25, 0.3) is 0 Å². The molecule has 0 spiro atoms. The second-order valence-corrected chi connectivity index (χ2v) is 20.2. The van der Waals surface area contributed by atoms with E-state index in [1.807, 2.05) is 0 Å². The molecule has 0 atom stereocenters. The largest absolute Gasteiger partial charge is 0.0616 e. The normalized spacial score (nSPS) is 12.1. The lowest BCUT2D eigenvalue weighted by molar-refractivity contribution is 1.67. The van der Waals surface area contributed by atoms with Crippen LogP contribution in [0, 0.1) is 0 Å². The highest BCUT2D eigenvalue weighted by molar-refractivity contribution is 6.40. The van der Waals surface area contributed by atoms with E-state index in [0.717, 1.165) is 0 Å². The second-order valence-electron chi connectivity index (χ2n) is 20.2. The van der Waals surface area contributed by atoms with Crippen LogP contribution in [-0.2, 0) is 0 Å². The first-order chi connectivity index (χ1) is 36.7. The number of hydrogen-bond donors (Lipinski definition) is 0. The first-order valence-electron chi connectivity index (χ1n) is 25.8. The monoisotopic (exact) mass is 932 g/mol. The minimum absolute atomic E-state index is 1.21. The van der Waals surface area contributed by atoms with E-state index >= 15 is 0 Å². The van der Waals surface area contributed by atoms with Crippen LogP contribution in [0.5, 0.6) is 0 Å². The van der Waals surface area contributed by atoms with E-state index in [2.05, 4.69) is 267 Å². The summed E-state index contributed by atoms with van der Waals surface area (Å²) in [7, 11) is 0. The van der Waals surface area contributed by atoms with Crippen molar-refractivity contribution in [2.45, 2.75) is 0 Å². The summed E-state index contributed by atoms with van der Waals surface area (Å²) in [6, 6.07) is 100. The van der Waals surface area contributed by atoms with Crippen LogP contribution in [0.15, 0.2) is 267 Å². The van der Waals surface area contributed by atoms with Crippen molar-refractivity contribution in [3.8, 4) is 44.5 Å². The van der Waals surface area contributed by atoms with Gasteiger partial charge in [-0.1, -0.05) is 237 Å². The summed E-state index contributed by atoms with van der Waals surface area (Å²) in [5, 5.41) is 27.8. The molecule has 16 aromatic rings. The van der Waals surface area contributed by atoms with Crippen molar-refractivity contribution in [2.24, 2.45) is 0 Å². The minimum atomic E-state index is 1.21. The third-order valence-corrected chi connectivity index (χ3v) is 16.3. The van der Waals surface area contributed by atoms with Crippen molar-refractivity contribution < 1.29 is 0 Å². The highest BCUT2D eigenvalue weighted by atomic mass is 14.2. The van der Waals surface area contributed by atoms with E-state index in [9.17, 15) is 0 Å². The Morgan fingerprint density at radius 2 is 0.486 bits per heavy atom. The number of hydrogen-bond acceptors (Lipinski definition) is 0. The molecule has 0 saturated heterocycles. The molecule has 340 valence electrons. The predicted octanol–water partition coefficient (Wildman–Crippen LogP) is 21.0. The van der Waals surface area contributed by atoms with Gasteiger partial charge in [0.05, 0.1) is 0 Å². The van der Waals surface area contributed by atoms with Crippen LogP contribution in [0.3, 0.4) is 0 Å². The van der Waals surface area contributed by atoms with Gasteiger partial charge in [-0.2, -0.15) is 0 Å². The fourth-order valence-corrected chi connectivity index (χ4v) is 13.1. The molecule has 0 unspecified atom stereocenters. The standard InChI is InChI=1S/C74H44/c1-3-18-47-40-49(34-32-45(47)16-1)53-30-15-31-60-54-20-5-6-25-59(54)67(44-68(53)60)50-36-38-61-57-23-9-14-29-66(57)74-70-43-52(37-39-62(70)58-24-10-13-28-65(58)73(74)69(61)42-50)72-64-27-12-8-22-56(64)55-21-7-11-26-63(55)71(72)51-35-33-46-17-2-4-19-48(46)41-51/h1-44H. The highest BCUT2D eigenvalue weighted by Gasteiger charge is 2.22. The molecule has 16 aromatic carbocycles. The summed E-state index contributed by atoms with van der Waals surface area (Å²) in [4.78, 5) is 0. The Kier molecular flexibility index (Phi) is 8.84. The van der Waals surface area contributed by atoms with Crippen molar-refractivity contribution >= 4 is 118 Å². The summed E-state index contributed by atoms with van der Waals surface area (Å²) in [5.41, 5.74) is 9.87. The van der Waals surface area contributed by atoms with Gasteiger partial charge in [-0.05, 0) is 193 Å². The molecular weight excluding hydrogens is 889 g/mol. The molecular formula is C74H44. The van der Waals surface area contributed by atoms with E-state index in [-0.39, 0.29) is 0 Å². The number of rotatable bonds is 4. The van der Waals surface area contributed by atoms with Gasteiger partial charge in [0, 0.05) is 0 Å². The molecule has 0 heterocycles. The minimum Gasteiger partial charge on any atom is -0.0616 e. The van der Waals surface area contributed by atoms with Crippen LogP contribution in [0.1, 0.15) is 0 Å². The quantitative estimate of drug-likeness (QED) is 0.154. The Balaban J connectivity index is 1.01. The van der Waals surface area contributed by atoms with Crippen molar-refractivity contribution in [1.29, 1.82) is 0 Å². The smallest absolute Gasteiger partial charge is 0.00137 e. The van der Waals surface area contributed by atoms with E-state index in [1.165, 1.54) is 163 Å². The topological polar surface area (TPSA) is 0 Å². The van der Waals surface area contributed by atoms with Crippen LogP contribution in [-0.4, -0.2) is 0 Å². The molecule has 0 aliphatic rings. The van der Waals surface area contributed by atoms with E-state index in [1.54, 1.807) is 0 Å². The average molecular weight is 933 g/mol. The molecule has 0 radical (unpaired) electrons. The van der Waals surface area contributed by atoms with Crippen LogP contribution < -0.4 is 0 Å². The maximum atomic E-state index is 2.53. The number of fused-ring (bicyclic) bond motifs is 19. The Morgan fingerprint density at radius 1 is 0.149 bits per heavy atom. The summed E-state index contributed by atoms with van der Waals surface area (Å²) in [6.45, 7) is 0. The van der Waals surface area contributed by atoms with Crippen LogP contribution >= 0.6 is 0 Å². The molecule has 0 aliphatic heterocycles. The maximum Gasteiger partial charge on any atom is -0.00137 e. The zero-order valence-electron chi connectivity index (χ0n) is 40.4. The first kappa shape index (κ1) is 41.0. The fourth-order valence-electron chi connectivity index (χ4n) is 13.1. The van der Waals surface area contributed by atoms with Gasteiger partial charge in [-0.15, -0.1) is 0 Å². The van der Waals surface area contributed by atoms with Crippen LogP contribution in [0.2, 0.25) is 0 Å². The molecule has 16 rings (SSSR count). The molecule has 0 saturated carbocycles. The Morgan fingerprint density at radius 3 is 1.05 bits per heavy atom. The molecule has 0 heteroatoms. The van der Waals surface area contributed by atoms with Crippen molar-refractivity contribution in [3.05, 3.63) is 267 Å². The number of benzene rings is 16. The third kappa shape index (κ3) is 6.03. The molecule has 0 amide bonds. The summed E-state index contributed by atoms with van der Waals surface area (Å²) in [5.74, 6) is 0. The average Bonchev–Trinajstić information content (AvgIpc) is 3.47. The highest BCUT2D eigenvalue weighted by Crippen LogP contribution is 2.50. The molecule has 0 N–H and O–H groups in total. The SMILES string of the molecule is c1ccc2cc(-c3cccc4c3cc(-c3ccc5c6ccccc6c6c7cc(-c8c(-c9ccc%10ccccc%10c9)c9ccccc9c9ccccc89)ccc7c7ccccc7c6c5c3)c3ccccc34)ccc2c1. The zero-order chi connectivity index (χ0) is 48.4. The third-order valence-electron chi connectivity index (χ3n) is 16.3. The Labute approximate surface area is 427 Å². The van der Waals surface area contributed by atoms with Gasteiger partial charge < -0.3 is 0 Å². The van der Waals surface area contributed by atoms with Gasteiger partial charge in [0.15, 0.2) is 0 Å². The molecule has 0 aliphatic carbocycles. The van der Waals surface area contributed by atoms with E-state index < -0.39 is 0 Å². The Bertz CT molecular complexity index is 5070. The second kappa shape index (κ2) is 15.9. The summed E-state index contributed by atoms with van der Waals surface area (Å²) < 4.78 is 0. The fraction of sp³-hybridized carbons (Fsp3) is 0. The molecule has 0 nitrogen and oxygen atoms in total. The van der Waals surface area contributed by atoms with Crippen LogP contribution in [0.4, 0.5) is 0 Å². The van der Waals surface area contributed by atoms with Crippen molar-refractivity contribution in [2.75, 3.05) is 0 Å². The molecule has 0 aromatic heterocycles. The van der Waals surface area contributed by atoms with Gasteiger partial charge >= 0.3 is 0 Å². The van der Waals surface area contributed by atoms with Gasteiger partial charge in [0.2, 0.25) is 0 Å². The van der Waals surface area contributed by atoms with Crippen LogP contribution in [0.25, 0.3) is 163 Å². The van der Waals surface area contributed by atoms with Gasteiger partial charge in [-0.25, -0.2) is 0 Å². The summed E-state index contributed by atoms with van der Waals surface area (Å²) in [6.07, 6.45) is 0. The zero-order valence-corrected chi connectivity index (χ0v) is 40.4. The lowest BCUT2D eigenvalue weighted by atomic mass is 9.82. The van der Waals surface area contributed by atoms with Crippen molar-refractivity contribution in [3.63, 3.8) is 0 Å². The molecule has 74 heavy (non-hydrogen) atoms. The predicted molar refractivity (Wildman–Crippen MR) is 321 cm³/mol. The van der Waals surface area contributed by atoms with Gasteiger partial charge in [-0.3, -0.25) is 0 Å². The Hall–Kier alpha value is -9.62. The van der Waals surface area contributed by atoms with Gasteiger partial charge in [0.1, 0.15) is 0 Å². The molecule has 0 fully saturated rings. The first-order valence-corrected chi connectivity index (χ1v) is 25.8. The summed E-state index contributed by atoms with van der Waals surface area (Å²) >= 11 is 0. The maximum absolute atomic E-state index is 2.53. The van der Waals surface area contributed by atoms with Crippen molar-refractivity contribution in [1.82, 2.24) is 0 Å². The lowest BCUT2D eigenvalue weighted by Crippen LogP contribution is -1.93. The van der Waals surface area contributed by atoms with E-state index in [4.69, 9.17) is 0 Å². The van der Waals surface area contributed by atoms with E-state index in [0.29, 0.717) is 0 Å².